The molecule has 0 saturated heterocycles. The minimum absolute atomic E-state index is 0.249. The minimum atomic E-state index is -0.890. The molecule has 0 fully saturated rings. The number of aromatic nitrogens is 1. The first-order chi connectivity index (χ1) is 13.0. The van der Waals surface area contributed by atoms with E-state index >= 15 is 0 Å². The highest BCUT2D eigenvalue weighted by atomic mass is 35.5. The molecule has 0 saturated carbocycles. The molecule has 27 heavy (non-hydrogen) atoms. The van der Waals surface area contributed by atoms with Crippen molar-refractivity contribution in [3.05, 3.63) is 69.9 Å². The molecule has 1 atom stereocenters. The first-order valence-corrected chi connectivity index (χ1v) is 9.37. The van der Waals surface area contributed by atoms with Gasteiger partial charge in [0, 0.05) is 28.6 Å². The van der Waals surface area contributed by atoms with Gasteiger partial charge in [-0.25, -0.2) is 8.78 Å². The zero-order valence-electron chi connectivity index (χ0n) is 15.2. The molecular weight excluding hydrogens is 366 g/mol. The number of benzene rings is 2. The maximum atomic E-state index is 13.5. The molecule has 2 nitrogen and oxygen atoms in total. The molecule has 2 heterocycles. The highest BCUT2D eigenvalue weighted by Gasteiger charge is 2.29. The van der Waals surface area contributed by atoms with Crippen molar-refractivity contribution in [3.63, 3.8) is 0 Å². The summed E-state index contributed by atoms with van der Waals surface area (Å²) in [6.07, 6.45) is 1.89. The third kappa shape index (κ3) is 3.12. The van der Waals surface area contributed by atoms with Crippen molar-refractivity contribution in [2.45, 2.75) is 25.8 Å². The highest BCUT2D eigenvalue weighted by Crippen LogP contribution is 2.38. The number of rotatable bonds is 1. The Kier molecular flexibility index (Phi) is 4.67. The fourth-order valence-electron chi connectivity index (χ4n) is 3.93. The van der Waals surface area contributed by atoms with E-state index in [2.05, 4.69) is 30.8 Å². The van der Waals surface area contributed by atoms with Gasteiger partial charge in [0.15, 0.2) is 11.6 Å². The summed E-state index contributed by atoms with van der Waals surface area (Å²) in [5, 5.41) is 1.81. The van der Waals surface area contributed by atoms with Gasteiger partial charge in [0.05, 0.1) is 17.3 Å². The van der Waals surface area contributed by atoms with Gasteiger partial charge in [-0.15, -0.1) is 0 Å². The van der Waals surface area contributed by atoms with E-state index in [0.29, 0.717) is 10.6 Å². The summed E-state index contributed by atoms with van der Waals surface area (Å²) < 4.78 is 28.7. The minimum Gasteiger partial charge on any atom is -0.298 e. The Bertz CT molecular complexity index is 1090. The third-order valence-corrected chi connectivity index (χ3v) is 5.49. The van der Waals surface area contributed by atoms with E-state index in [1.54, 1.807) is 0 Å². The fraction of sp³-hybridized carbons (Fsp3) is 0.273. The van der Waals surface area contributed by atoms with Gasteiger partial charge in [-0.2, -0.15) is 0 Å². The van der Waals surface area contributed by atoms with Gasteiger partial charge < -0.3 is 0 Å². The molecule has 0 N–H and O–H groups in total. The van der Waals surface area contributed by atoms with Crippen LogP contribution in [0.2, 0.25) is 5.02 Å². The smallest absolute Gasteiger partial charge is 0.160 e. The average molecular weight is 385 g/mol. The highest BCUT2D eigenvalue weighted by molar-refractivity contribution is 6.31. The van der Waals surface area contributed by atoms with Crippen LogP contribution in [0.15, 0.2) is 36.4 Å². The van der Waals surface area contributed by atoms with Crippen LogP contribution in [-0.4, -0.2) is 23.1 Å². The number of fused-ring (bicyclic) bond motifs is 3. The number of likely N-dealkylation sites (N-methyl/N-ethyl adjacent to an activating group) is 1. The van der Waals surface area contributed by atoms with E-state index in [0.717, 1.165) is 42.4 Å². The van der Waals surface area contributed by atoms with Crippen molar-refractivity contribution in [1.82, 2.24) is 9.47 Å². The van der Waals surface area contributed by atoms with Crippen molar-refractivity contribution < 1.29 is 8.78 Å². The first kappa shape index (κ1) is 18.0. The summed E-state index contributed by atoms with van der Waals surface area (Å²) >= 11 is 6.24. The number of halogens is 3. The van der Waals surface area contributed by atoms with Gasteiger partial charge in [0.2, 0.25) is 0 Å². The van der Waals surface area contributed by atoms with Crippen LogP contribution in [0.4, 0.5) is 8.78 Å². The quantitative estimate of drug-likeness (QED) is 0.512. The monoisotopic (exact) mass is 384 g/mol. The van der Waals surface area contributed by atoms with Crippen LogP contribution in [-0.2, 0) is 6.42 Å². The topological polar surface area (TPSA) is 8.17 Å². The molecule has 0 spiro atoms. The standard InChI is InChI=1S/C22H19ClF2N2/c1-3-20-22-16(9-10-26(20)2)17-13-15(23)5-7-21(17)27(22)11-8-14-4-6-18(24)19(25)12-14/h4-7,12-13,20H,3,9-10H2,1-2H3. The van der Waals surface area contributed by atoms with E-state index in [4.69, 9.17) is 11.6 Å². The van der Waals surface area contributed by atoms with E-state index in [1.807, 2.05) is 22.8 Å². The molecule has 1 aliphatic rings. The molecule has 0 radical (unpaired) electrons. The molecule has 0 aliphatic carbocycles. The van der Waals surface area contributed by atoms with Crippen molar-refractivity contribution in [2.24, 2.45) is 0 Å². The van der Waals surface area contributed by atoms with Gasteiger partial charge >= 0.3 is 0 Å². The molecular formula is C22H19ClF2N2. The molecule has 0 bridgehead atoms. The molecule has 138 valence electrons. The van der Waals surface area contributed by atoms with Crippen LogP contribution < -0.4 is 0 Å². The maximum Gasteiger partial charge on any atom is 0.160 e. The van der Waals surface area contributed by atoms with Gasteiger partial charge in [-0.1, -0.05) is 18.5 Å². The molecule has 4 rings (SSSR count). The van der Waals surface area contributed by atoms with Crippen LogP contribution in [0.3, 0.4) is 0 Å². The molecule has 2 aromatic carbocycles. The Morgan fingerprint density at radius 3 is 2.70 bits per heavy atom. The normalized spacial score (nSPS) is 16.9. The summed E-state index contributed by atoms with van der Waals surface area (Å²) in [6, 6.07) is 13.0. The molecule has 5 heteroatoms. The predicted molar refractivity (Wildman–Crippen MR) is 105 cm³/mol. The SMILES string of the molecule is CCC1c2c(c3cc(Cl)ccc3n2C#Cc2ccc(F)c(F)c2)CCN1C. The van der Waals surface area contributed by atoms with Crippen molar-refractivity contribution >= 4 is 22.5 Å². The average Bonchev–Trinajstić information content (AvgIpc) is 2.95. The summed E-state index contributed by atoms with van der Waals surface area (Å²) in [5.41, 5.74) is 3.87. The van der Waals surface area contributed by atoms with Crippen molar-refractivity contribution in [3.8, 4) is 12.0 Å². The van der Waals surface area contributed by atoms with Crippen LogP contribution in [0.5, 0.6) is 0 Å². The fourth-order valence-corrected chi connectivity index (χ4v) is 4.11. The summed E-state index contributed by atoms with van der Waals surface area (Å²) in [7, 11) is 2.12. The van der Waals surface area contributed by atoms with Gasteiger partial charge in [-0.3, -0.25) is 9.47 Å². The lowest BCUT2D eigenvalue weighted by molar-refractivity contribution is 0.219. The Morgan fingerprint density at radius 1 is 1.15 bits per heavy atom. The van der Waals surface area contributed by atoms with Gasteiger partial charge in [0.25, 0.3) is 0 Å². The molecule has 3 aromatic rings. The van der Waals surface area contributed by atoms with Crippen LogP contribution >= 0.6 is 11.6 Å². The zero-order chi connectivity index (χ0) is 19.1. The molecule has 0 amide bonds. The maximum absolute atomic E-state index is 13.5. The van der Waals surface area contributed by atoms with Crippen molar-refractivity contribution in [1.29, 1.82) is 0 Å². The number of hydrogen-bond donors (Lipinski definition) is 0. The van der Waals surface area contributed by atoms with E-state index in [9.17, 15) is 8.78 Å². The van der Waals surface area contributed by atoms with Gasteiger partial charge in [0.1, 0.15) is 0 Å². The first-order valence-electron chi connectivity index (χ1n) is 8.99. The van der Waals surface area contributed by atoms with Crippen LogP contribution in [0.1, 0.15) is 36.2 Å². The second kappa shape index (κ2) is 6.99. The summed E-state index contributed by atoms with van der Waals surface area (Å²) in [4.78, 5) is 2.33. The Morgan fingerprint density at radius 2 is 1.96 bits per heavy atom. The number of nitrogens with zero attached hydrogens (tertiary/aromatic N) is 2. The van der Waals surface area contributed by atoms with E-state index in [-0.39, 0.29) is 6.04 Å². The largest absolute Gasteiger partial charge is 0.298 e. The van der Waals surface area contributed by atoms with Gasteiger partial charge in [-0.05, 0) is 67.8 Å². The lowest BCUT2D eigenvalue weighted by Gasteiger charge is -2.32. The summed E-state index contributed by atoms with van der Waals surface area (Å²) in [6.45, 7) is 3.14. The molecule has 1 unspecified atom stereocenters. The zero-order valence-corrected chi connectivity index (χ0v) is 15.9. The predicted octanol–water partition coefficient (Wildman–Crippen LogP) is 5.37. The lowest BCUT2D eigenvalue weighted by Crippen LogP contribution is -2.32. The summed E-state index contributed by atoms with van der Waals surface area (Å²) in [5.74, 6) is 1.23. The Labute approximate surface area is 162 Å². The van der Waals surface area contributed by atoms with Crippen LogP contribution in [0.25, 0.3) is 10.9 Å². The second-order valence-electron chi connectivity index (χ2n) is 6.88. The third-order valence-electron chi connectivity index (χ3n) is 5.26. The Balaban J connectivity index is 1.93. The molecule has 1 aromatic heterocycles. The van der Waals surface area contributed by atoms with Crippen LogP contribution in [0, 0.1) is 23.6 Å². The lowest BCUT2D eigenvalue weighted by atomic mass is 9.96. The van der Waals surface area contributed by atoms with E-state index < -0.39 is 11.6 Å². The van der Waals surface area contributed by atoms with E-state index in [1.165, 1.54) is 17.3 Å². The van der Waals surface area contributed by atoms with Crippen molar-refractivity contribution in [2.75, 3.05) is 13.6 Å². The molecule has 1 aliphatic heterocycles. The second-order valence-corrected chi connectivity index (χ2v) is 7.32. The Hall–Kier alpha value is -2.35. The number of hydrogen-bond acceptors (Lipinski definition) is 1.